The standard InChI is InChI=1S/C20H28N2O4/c1-4-15-7-5-6-10-21(15)20(24)14-11-19(23)22(13-14)17-9-8-16(25-2)12-18(17)26-3/h8-9,12,14-15H,4-7,10-11,13H2,1-3H3/t14-,15+/m1/s1. The van der Waals surface area contributed by atoms with Crippen molar-refractivity contribution in [3.05, 3.63) is 18.2 Å². The van der Waals surface area contributed by atoms with Crippen LogP contribution in [0.15, 0.2) is 18.2 Å². The average Bonchev–Trinajstić information content (AvgIpc) is 3.08. The molecular formula is C20H28N2O4. The highest BCUT2D eigenvalue weighted by molar-refractivity contribution is 6.01. The number of nitrogens with zero attached hydrogens (tertiary/aromatic N) is 2. The predicted octanol–water partition coefficient (Wildman–Crippen LogP) is 2.85. The summed E-state index contributed by atoms with van der Waals surface area (Å²) < 4.78 is 10.6. The first-order chi connectivity index (χ1) is 12.6. The van der Waals surface area contributed by atoms with Crippen LogP contribution in [0.3, 0.4) is 0 Å². The maximum Gasteiger partial charge on any atom is 0.228 e. The predicted molar refractivity (Wildman–Crippen MR) is 99.6 cm³/mol. The summed E-state index contributed by atoms with van der Waals surface area (Å²) in [6.07, 6.45) is 4.54. The second-order valence-corrected chi connectivity index (χ2v) is 7.03. The fourth-order valence-electron chi connectivity index (χ4n) is 4.06. The van der Waals surface area contributed by atoms with Crippen molar-refractivity contribution in [2.75, 3.05) is 32.2 Å². The van der Waals surface area contributed by atoms with Crippen LogP contribution in [0.1, 0.15) is 39.0 Å². The van der Waals surface area contributed by atoms with Gasteiger partial charge in [0.05, 0.1) is 25.8 Å². The van der Waals surface area contributed by atoms with E-state index >= 15 is 0 Å². The zero-order valence-electron chi connectivity index (χ0n) is 15.9. The summed E-state index contributed by atoms with van der Waals surface area (Å²) in [5.74, 6) is 1.07. The molecule has 2 aliphatic rings. The maximum absolute atomic E-state index is 13.0. The van der Waals surface area contributed by atoms with Gasteiger partial charge in [0.2, 0.25) is 11.8 Å². The van der Waals surface area contributed by atoms with Crippen LogP contribution < -0.4 is 14.4 Å². The number of rotatable bonds is 5. The first-order valence-electron chi connectivity index (χ1n) is 9.41. The summed E-state index contributed by atoms with van der Waals surface area (Å²) in [4.78, 5) is 29.3. The largest absolute Gasteiger partial charge is 0.497 e. The third-order valence-electron chi connectivity index (χ3n) is 5.53. The first-order valence-corrected chi connectivity index (χ1v) is 9.41. The molecule has 1 aromatic carbocycles. The number of likely N-dealkylation sites (tertiary alicyclic amines) is 1. The van der Waals surface area contributed by atoms with Crippen molar-refractivity contribution in [3.63, 3.8) is 0 Å². The van der Waals surface area contributed by atoms with Crippen molar-refractivity contribution in [3.8, 4) is 11.5 Å². The van der Waals surface area contributed by atoms with Crippen LogP contribution in [0.5, 0.6) is 11.5 Å². The lowest BCUT2D eigenvalue weighted by Crippen LogP contribution is -2.46. The van der Waals surface area contributed by atoms with Crippen molar-refractivity contribution < 1.29 is 19.1 Å². The van der Waals surface area contributed by atoms with Crippen molar-refractivity contribution in [2.45, 2.75) is 45.1 Å². The highest BCUT2D eigenvalue weighted by atomic mass is 16.5. The van der Waals surface area contributed by atoms with Gasteiger partial charge >= 0.3 is 0 Å². The number of ether oxygens (including phenoxy) is 2. The molecule has 6 nitrogen and oxygen atoms in total. The van der Waals surface area contributed by atoms with E-state index in [1.165, 1.54) is 6.42 Å². The summed E-state index contributed by atoms with van der Waals surface area (Å²) in [6, 6.07) is 5.70. The van der Waals surface area contributed by atoms with E-state index in [9.17, 15) is 9.59 Å². The molecule has 2 aliphatic heterocycles. The van der Waals surface area contributed by atoms with E-state index < -0.39 is 0 Å². The Balaban J connectivity index is 1.77. The first kappa shape index (κ1) is 18.5. The van der Waals surface area contributed by atoms with Gasteiger partial charge in [0, 0.05) is 31.6 Å². The quantitative estimate of drug-likeness (QED) is 0.810. The molecule has 0 unspecified atom stereocenters. The third-order valence-corrected chi connectivity index (χ3v) is 5.53. The molecule has 2 saturated heterocycles. The van der Waals surface area contributed by atoms with Crippen LogP contribution in [0, 0.1) is 5.92 Å². The molecule has 142 valence electrons. The van der Waals surface area contributed by atoms with Gasteiger partial charge in [0.25, 0.3) is 0 Å². The number of hydrogen-bond donors (Lipinski definition) is 0. The molecule has 26 heavy (non-hydrogen) atoms. The van der Waals surface area contributed by atoms with Gasteiger partial charge in [-0.3, -0.25) is 9.59 Å². The molecule has 0 aliphatic carbocycles. The van der Waals surface area contributed by atoms with Gasteiger partial charge in [0.15, 0.2) is 0 Å². The monoisotopic (exact) mass is 360 g/mol. The lowest BCUT2D eigenvalue weighted by Gasteiger charge is -2.36. The van der Waals surface area contributed by atoms with E-state index in [2.05, 4.69) is 6.92 Å². The molecular weight excluding hydrogens is 332 g/mol. The fraction of sp³-hybridized carbons (Fsp3) is 0.600. The van der Waals surface area contributed by atoms with Crippen molar-refractivity contribution in [1.29, 1.82) is 0 Å². The molecule has 0 spiro atoms. The van der Waals surface area contributed by atoms with Crippen LogP contribution in [-0.4, -0.2) is 50.1 Å². The molecule has 0 radical (unpaired) electrons. The zero-order chi connectivity index (χ0) is 18.7. The number of anilines is 1. The maximum atomic E-state index is 13.0. The Kier molecular flexibility index (Phi) is 5.69. The minimum absolute atomic E-state index is 0.0307. The average molecular weight is 360 g/mol. The van der Waals surface area contributed by atoms with Crippen LogP contribution in [0.2, 0.25) is 0 Å². The van der Waals surface area contributed by atoms with Crippen molar-refractivity contribution in [1.82, 2.24) is 4.90 Å². The highest BCUT2D eigenvalue weighted by Gasteiger charge is 2.40. The Morgan fingerprint density at radius 1 is 1.23 bits per heavy atom. The van der Waals surface area contributed by atoms with E-state index in [0.29, 0.717) is 29.8 Å². The second-order valence-electron chi connectivity index (χ2n) is 7.03. The van der Waals surface area contributed by atoms with Gasteiger partial charge in [-0.1, -0.05) is 6.92 Å². The Morgan fingerprint density at radius 2 is 2.04 bits per heavy atom. The van der Waals surface area contributed by atoms with Crippen molar-refractivity contribution >= 4 is 17.5 Å². The van der Waals surface area contributed by atoms with Crippen LogP contribution in [0.25, 0.3) is 0 Å². The van der Waals surface area contributed by atoms with Crippen LogP contribution >= 0.6 is 0 Å². The molecule has 3 rings (SSSR count). The molecule has 2 atom stereocenters. The lowest BCUT2D eigenvalue weighted by atomic mass is 9.97. The number of benzene rings is 1. The summed E-state index contributed by atoms with van der Waals surface area (Å²) >= 11 is 0. The SMILES string of the molecule is CC[C@H]1CCCCN1C(=O)[C@@H]1CC(=O)N(c2ccc(OC)cc2OC)C1. The molecule has 6 heteroatoms. The van der Waals surface area contributed by atoms with E-state index in [1.807, 2.05) is 11.0 Å². The van der Waals surface area contributed by atoms with Crippen molar-refractivity contribution in [2.24, 2.45) is 5.92 Å². The highest BCUT2D eigenvalue weighted by Crippen LogP contribution is 2.36. The van der Waals surface area contributed by atoms with Gasteiger partial charge in [-0.25, -0.2) is 0 Å². The molecule has 1 aromatic rings. The minimum Gasteiger partial charge on any atom is -0.497 e. The summed E-state index contributed by atoms with van der Waals surface area (Å²) in [5.41, 5.74) is 0.694. The molecule has 0 saturated carbocycles. The number of carbonyl (C=O) groups excluding carboxylic acids is 2. The Bertz CT molecular complexity index is 676. The topological polar surface area (TPSA) is 59.1 Å². The number of carbonyl (C=O) groups is 2. The molecule has 2 amide bonds. The van der Waals surface area contributed by atoms with Crippen LogP contribution in [-0.2, 0) is 9.59 Å². The number of hydrogen-bond acceptors (Lipinski definition) is 4. The van der Waals surface area contributed by atoms with Crippen LogP contribution in [0.4, 0.5) is 5.69 Å². The van der Waals surface area contributed by atoms with Gasteiger partial charge < -0.3 is 19.3 Å². The molecule has 2 heterocycles. The van der Waals surface area contributed by atoms with E-state index in [1.54, 1.807) is 31.3 Å². The lowest BCUT2D eigenvalue weighted by molar-refractivity contribution is -0.139. The van der Waals surface area contributed by atoms with E-state index in [0.717, 1.165) is 25.8 Å². The van der Waals surface area contributed by atoms with E-state index in [-0.39, 0.29) is 24.2 Å². The van der Waals surface area contributed by atoms with Gasteiger partial charge in [0.1, 0.15) is 11.5 Å². The second kappa shape index (κ2) is 7.98. The fourth-order valence-corrected chi connectivity index (χ4v) is 4.06. The Morgan fingerprint density at radius 3 is 2.73 bits per heavy atom. The molecule has 0 bridgehead atoms. The molecule has 0 N–H and O–H groups in total. The summed E-state index contributed by atoms with van der Waals surface area (Å²) in [6.45, 7) is 3.35. The Labute approximate surface area is 155 Å². The molecule has 2 fully saturated rings. The number of piperidine rings is 1. The Hall–Kier alpha value is -2.24. The number of methoxy groups -OCH3 is 2. The minimum atomic E-state index is -0.276. The smallest absolute Gasteiger partial charge is 0.228 e. The molecule has 0 aromatic heterocycles. The van der Waals surface area contributed by atoms with Gasteiger partial charge in [-0.2, -0.15) is 0 Å². The number of amides is 2. The zero-order valence-corrected chi connectivity index (χ0v) is 15.9. The summed E-state index contributed by atoms with van der Waals surface area (Å²) in [5, 5.41) is 0. The van der Waals surface area contributed by atoms with Gasteiger partial charge in [-0.15, -0.1) is 0 Å². The van der Waals surface area contributed by atoms with Gasteiger partial charge in [-0.05, 0) is 37.8 Å². The third kappa shape index (κ3) is 3.50. The summed E-state index contributed by atoms with van der Waals surface area (Å²) in [7, 11) is 3.16. The normalized spacial score (nSPS) is 23.3. The van der Waals surface area contributed by atoms with E-state index in [4.69, 9.17) is 9.47 Å².